The van der Waals surface area contributed by atoms with Gasteiger partial charge in [-0.2, -0.15) is 0 Å². The van der Waals surface area contributed by atoms with Crippen molar-refractivity contribution in [3.8, 4) is 0 Å². The average Bonchev–Trinajstić information content (AvgIpc) is 2.18. The zero-order valence-corrected chi connectivity index (χ0v) is 8.88. The van der Waals surface area contributed by atoms with Crippen molar-refractivity contribution in [3.63, 3.8) is 0 Å². The van der Waals surface area contributed by atoms with Crippen molar-refractivity contribution in [2.24, 2.45) is 0 Å². The summed E-state index contributed by atoms with van der Waals surface area (Å²) >= 11 is 5.99. The number of aliphatic hydroxyl groups excluding tert-OH is 1. The third kappa shape index (κ3) is 1.72. The van der Waals surface area contributed by atoms with E-state index >= 15 is 0 Å². The van der Waals surface area contributed by atoms with Crippen LogP contribution in [0.25, 0.3) is 0 Å². The summed E-state index contributed by atoms with van der Waals surface area (Å²) in [5, 5.41) is 13.5. The van der Waals surface area contributed by atoms with Crippen LogP contribution in [-0.2, 0) is 0 Å². The Morgan fingerprint density at radius 2 is 2.21 bits per heavy atom. The lowest BCUT2D eigenvalue weighted by Gasteiger charge is -2.34. The first-order valence-corrected chi connectivity index (χ1v) is 5.26. The Labute approximate surface area is 88.9 Å². The van der Waals surface area contributed by atoms with Crippen LogP contribution < -0.4 is 5.32 Å². The highest BCUT2D eigenvalue weighted by Crippen LogP contribution is 2.28. The molecule has 0 heterocycles. The van der Waals surface area contributed by atoms with Crippen LogP contribution in [0.1, 0.15) is 18.4 Å². The first-order chi connectivity index (χ1) is 6.68. The first kappa shape index (κ1) is 9.81. The van der Waals surface area contributed by atoms with Gasteiger partial charge in [-0.05, 0) is 37.5 Å². The van der Waals surface area contributed by atoms with Crippen LogP contribution in [-0.4, -0.2) is 17.3 Å². The molecule has 2 nitrogen and oxygen atoms in total. The molecule has 3 heteroatoms. The zero-order valence-electron chi connectivity index (χ0n) is 8.13. The third-order valence-corrected chi connectivity index (χ3v) is 3.26. The maximum atomic E-state index is 9.43. The molecule has 1 aliphatic rings. The molecule has 0 bridgehead atoms. The summed E-state index contributed by atoms with van der Waals surface area (Å²) in [5.41, 5.74) is 2.08. The van der Waals surface area contributed by atoms with E-state index in [4.69, 9.17) is 11.6 Å². The Morgan fingerprint density at radius 1 is 1.43 bits per heavy atom. The molecule has 2 N–H and O–H groups in total. The number of hydrogen-bond donors (Lipinski definition) is 2. The summed E-state index contributed by atoms with van der Waals surface area (Å²) in [4.78, 5) is 0. The maximum Gasteiger partial charge on any atom is 0.0741 e. The second-order valence-corrected chi connectivity index (χ2v) is 4.22. The Morgan fingerprint density at radius 3 is 2.79 bits per heavy atom. The molecule has 1 aromatic rings. The molecule has 1 fully saturated rings. The van der Waals surface area contributed by atoms with Gasteiger partial charge in [-0.15, -0.1) is 0 Å². The lowest BCUT2D eigenvalue weighted by molar-refractivity contribution is 0.0786. The fraction of sp³-hybridized carbons (Fsp3) is 0.455. The second-order valence-electron chi connectivity index (χ2n) is 3.81. The monoisotopic (exact) mass is 211 g/mol. The molecule has 76 valence electrons. The average molecular weight is 212 g/mol. The lowest BCUT2D eigenvalue weighted by Crippen LogP contribution is -2.42. The fourth-order valence-electron chi connectivity index (χ4n) is 1.61. The van der Waals surface area contributed by atoms with Gasteiger partial charge in [0.2, 0.25) is 0 Å². The summed E-state index contributed by atoms with van der Waals surface area (Å²) < 4.78 is 0. The Balaban J connectivity index is 2.12. The summed E-state index contributed by atoms with van der Waals surface area (Å²) in [7, 11) is 0. The topological polar surface area (TPSA) is 32.3 Å². The number of rotatable bonds is 2. The van der Waals surface area contributed by atoms with E-state index in [1.807, 2.05) is 25.1 Å². The van der Waals surface area contributed by atoms with Crippen LogP contribution in [0.5, 0.6) is 0 Å². The number of nitrogens with one attached hydrogen (secondary N) is 1. The molecule has 14 heavy (non-hydrogen) atoms. The van der Waals surface area contributed by atoms with Crippen molar-refractivity contribution < 1.29 is 5.11 Å². The summed E-state index contributed by atoms with van der Waals surface area (Å²) in [6, 6.07) is 5.99. The van der Waals surface area contributed by atoms with Gasteiger partial charge in [0.15, 0.2) is 0 Å². The van der Waals surface area contributed by atoms with Crippen molar-refractivity contribution in [1.82, 2.24) is 0 Å². The van der Waals surface area contributed by atoms with Gasteiger partial charge in [-0.3, -0.25) is 0 Å². The third-order valence-electron chi connectivity index (χ3n) is 2.85. The van der Waals surface area contributed by atoms with E-state index < -0.39 is 0 Å². The highest BCUT2D eigenvalue weighted by Gasteiger charge is 2.28. The van der Waals surface area contributed by atoms with Crippen LogP contribution in [0, 0.1) is 6.92 Å². The van der Waals surface area contributed by atoms with Gasteiger partial charge in [-0.1, -0.05) is 17.7 Å². The molecule has 0 unspecified atom stereocenters. The van der Waals surface area contributed by atoms with Gasteiger partial charge in [0, 0.05) is 10.7 Å². The molecule has 0 amide bonds. The summed E-state index contributed by atoms with van der Waals surface area (Å²) in [6.07, 6.45) is 1.73. The van der Waals surface area contributed by atoms with E-state index in [0.29, 0.717) is 0 Å². The van der Waals surface area contributed by atoms with E-state index in [0.717, 1.165) is 29.1 Å². The largest absolute Gasteiger partial charge is 0.391 e. The number of hydrogen-bond acceptors (Lipinski definition) is 2. The van der Waals surface area contributed by atoms with Crippen LogP contribution in [0.15, 0.2) is 18.2 Å². The van der Waals surface area contributed by atoms with Gasteiger partial charge in [0.05, 0.1) is 12.1 Å². The minimum Gasteiger partial charge on any atom is -0.391 e. The number of anilines is 1. The number of benzene rings is 1. The Hall–Kier alpha value is -0.730. The van der Waals surface area contributed by atoms with Gasteiger partial charge in [0.25, 0.3) is 0 Å². The second kappa shape index (κ2) is 3.79. The fourth-order valence-corrected chi connectivity index (χ4v) is 1.79. The minimum absolute atomic E-state index is 0.201. The normalized spacial score (nSPS) is 25.6. The van der Waals surface area contributed by atoms with Crippen LogP contribution in [0.4, 0.5) is 5.69 Å². The maximum absolute atomic E-state index is 9.43. The van der Waals surface area contributed by atoms with Gasteiger partial charge < -0.3 is 10.4 Å². The number of aliphatic hydroxyl groups is 1. The van der Waals surface area contributed by atoms with E-state index in [1.165, 1.54) is 0 Å². The molecule has 2 atom stereocenters. The molecule has 1 saturated carbocycles. The van der Waals surface area contributed by atoms with E-state index in [2.05, 4.69) is 5.32 Å². The van der Waals surface area contributed by atoms with Gasteiger partial charge in [-0.25, -0.2) is 0 Å². The smallest absolute Gasteiger partial charge is 0.0741 e. The van der Waals surface area contributed by atoms with Crippen molar-refractivity contribution in [2.75, 3.05) is 5.32 Å². The molecular weight excluding hydrogens is 198 g/mol. The molecule has 0 radical (unpaired) electrons. The van der Waals surface area contributed by atoms with Crippen LogP contribution >= 0.6 is 11.6 Å². The quantitative estimate of drug-likeness (QED) is 0.788. The Kier molecular flexibility index (Phi) is 2.66. The molecule has 1 aliphatic carbocycles. The van der Waals surface area contributed by atoms with E-state index in [-0.39, 0.29) is 12.1 Å². The molecular formula is C11H14ClNO. The Bertz CT molecular complexity index is 340. The van der Waals surface area contributed by atoms with Gasteiger partial charge >= 0.3 is 0 Å². The van der Waals surface area contributed by atoms with Crippen molar-refractivity contribution in [1.29, 1.82) is 0 Å². The van der Waals surface area contributed by atoms with Crippen molar-refractivity contribution in [3.05, 3.63) is 28.8 Å². The standard InChI is InChI=1S/C11H14ClNO/c1-7-8(12)3-2-4-9(7)13-10-5-6-11(10)14/h2-4,10-11,13-14H,5-6H2,1H3/t10-,11-/m1/s1. The molecule has 1 aromatic carbocycles. The number of halogens is 1. The highest BCUT2D eigenvalue weighted by atomic mass is 35.5. The predicted molar refractivity (Wildman–Crippen MR) is 58.8 cm³/mol. The SMILES string of the molecule is Cc1c(Cl)cccc1N[C@@H]1CC[C@H]1O. The summed E-state index contributed by atoms with van der Waals surface area (Å²) in [5.74, 6) is 0. The minimum atomic E-state index is -0.201. The van der Waals surface area contributed by atoms with Crippen molar-refractivity contribution >= 4 is 17.3 Å². The van der Waals surface area contributed by atoms with Gasteiger partial charge in [0.1, 0.15) is 0 Å². The highest BCUT2D eigenvalue weighted by molar-refractivity contribution is 6.31. The van der Waals surface area contributed by atoms with Crippen molar-refractivity contribution in [2.45, 2.75) is 31.9 Å². The molecule has 0 saturated heterocycles. The van der Waals surface area contributed by atoms with E-state index in [9.17, 15) is 5.11 Å². The zero-order chi connectivity index (χ0) is 10.1. The molecule has 0 aromatic heterocycles. The summed E-state index contributed by atoms with van der Waals surface area (Å²) in [6.45, 7) is 1.98. The molecule has 0 spiro atoms. The van der Waals surface area contributed by atoms with Crippen LogP contribution in [0.3, 0.4) is 0 Å². The predicted octanol–water partition coefficient (Wildman–Crippen LogP) is 2.58. The van der Waals surface area contributed by atoms with Crippen LogP contribution in [0.2, 0.25) is 5.02 Å². The first-order valence-electron chi connectivity index (χ1n) is 4.88. The molecule has 2 rings (SSSR count). The van der Waals surface area contributed by atoms with E-state index in [1.54, 1.807) is 0 Å². The lowest BCUT2D eigenvalue weighted by atomic mass is 9.89. The molecule has 0 aliphatic heterocycles.